The highest BCUT2D eigenvalue weighted by Gasteiger charge is 2.29. The summed E-state index contributed by atoms with van der Waals surface area (Å²) in [6, 6.07) is 11.1. The maximum absolute atomic E-state index is 13.1. The molecule has 0 aromatic heterocycles. The summed E-state index contributed by atoms with van der Waals surface area (Å²) >= 11 is 3.37. The first-order chi connectivity index (χ1) is 13.3. The average molecular weight is 443 g/mol. The van der Waals surface area contributed by atoms with Crippen molar-refractivity contribution in [2.24, 2.45) is 11.0 Å². The minimum Gasteiger partial charge on any atom is -0.479 e. The lowest BCUT2D eigenvalue weighted by molar-refractivity contribution is -0.144. The first-order valence-corrected chi connectivity index (χ1v) is 9.67. The van der Waals surface area contributed by atoms with E-state index in [1.807, 2.05) is 31.9 Å². The van der Waals surface area contributed by atoms with Crippen molar-refractivity contribution < 1.29 is 19.4 Å². The Labute approximate surface area is 172 Å². The van der Waals surface area contributed by atoms with Crippen LogP contribution in [0.4, 0.5) is 5.69 Å². The third-order valence-corrected chi connectivity index (χ3v) is 5.07. The Hall–Kier alpha value is -2.61. The highest BCUT2D eigenvalue weighted by atomic mass is 79.9. The summed E-state index contributed by atoms with van der Waals surface area (Å²) in [5.41, 5.74) is 3.55. The van der Waals surface area contributed by atoms with Crippen molar-refractivity contribution >= 4 is 52.9 Å². The number of ether oxygens (including phenoxy) is 1. The molecule has 6 nitrogen and oxygen atoms in total. The molecule has 3 rings (SSSR count). The number of rotatable bonds is 6. The smallest absolute Gasteiger partial charge is 0.344 e. The summed E-state index contributed by atoms with van der Waals surface area (Å²) in [5.74, 6) is -1.45. The van der Waals surface area contributed by atoms with Crippen molar-refractivity contribution in [3.63, 3.8) is 0 Å². The van der Waals surface area contributed by atoms with Gasteiger partial charge in [0.15, 0.2) is 11.9 Å². The lowest BCUT2D eigenvalue weighted by Crippen LogP contribution is -2.28. The van der Waals surface area contributed by atoms with Crippen molar-refractivity contribution in [1.29, 1.82) is 0 Å². The van der Waals surface area contributed by atoms with Crippen LogP contribution in [-0.4, -0.2) is 43.6 Å². The van der Waals surface area contributed by atoms with Gasteiger partial charge in [-0.15, -0.1) is 0 Å². The number of aryl methyl sites for hydroxylation is 1. The van der Waals surface area contributed by atoms with E-state index in [4.69, 9.17) is 9.84 Å². The number of benzene rings is 2. The molecule has 1 N–H and O–H groups in total. The summed E-state index contributed by atoms with van der Waals surface area (Å²) in [6.07, 6.45) is 0.573. The minimum atomic E-state index is -1.09. The van der Waals surface area contributed by atoms with Crippen molar-refractivity contribution in [3.05, 3.63) is 52.0 Å². The molecule has 28 heavy (non-hydrogen) atoms. The molecule has 0 aliphatic carbocycles. The van der Waals surface area contributed by atoms with Gasteiger partial charge in [0.2, 0.25) is 0 Å². The zero-order valence-corrected chi connectivity index (χ0v) is 17.4. The topological polar surface area (TPSA) is 79.2 Å². The van der Waals surface area contributed by atoms with E-state index in [9.17, 15) is 9.59 Å². The van der Waals surface area contributed by atoms with E-state index in [1.54, 1.807) is 24.4 Å². The molecule has 2 unspecified atom stereocenters. The summed E-state index contributed by atoms with van der Waals surface area (Å²) in [4.78, 5) is 24.2. The van der Waals surface area contributed by atoms with Crippen LogP contribution in [0, 0.1) is 12.8 Å². The molecule has 0 saturated heterocycles. The highest BCUT2D eigenvalue weighted by molar-refractivity contribution is 9.10. The molecule has 2 aromatic rings. The third kappa shape index (κ3) is 4.27. The predicted molar refractivity (Wildman–Crippen MR) is 115 cm³/mol. The molecule has 0 amide bonds. The van der Waals surface area contributed by atoms with Crippen LogP contribution < -0.4 is 15.2 Å². The van der Waals surface area contributed by atoms with E-state index in [0.29, 0.717) is 16.6 Å². The van der Waals surface area contributed by atoms with Crippen LogP contribution in [0.25, 0.3) is 0 Å². The molecule has 1 aliphatic heterocycles. The largest absolute Gasteiger partial charge is 0.479 e. The number of carboxylic acid groups (broad SMARTS) is 1. The van der Waals surface area contributed by atoms with Gasteiger partial charge in [-0.3, -0.25) is 9.80 Å². The van der Waals surface area contributed by atoms with Gasteiger partial charge in [0.25, 0.3) is 0 Å². The molecule has 144 valence electrons. The number of carbonyl (C=O) groups excluding carboxylic acids is 1. The van der Waals surface area contributed by atoms with Gasteiger partial charge < -0.3 is 9.84 Å². The van der Waals surface area contributed by atoms with E-state index in [1.165, 1.54) is 12.5 Å². The summed E-state index contributed by atoms with van der Waals surface area (Å²) in [5, 5.41) is 15.3. The van der Waals surface area contributed by atoms with Crippen LogP contribution in [0.2, 0.25) is 0 Å². The number of hydrogen-bond donors (Lipinski definition) is 1. The SMILES string of the molecule is Bc1cc(C)ccc1N1CC(C(=O)c2cc(Br)ccc2OC(C)C(=O)O)C=N1. The molecule has 8 heteroatoms. The quantitative estimate of drug-likeness (QED) is 0.547. The third-order valence-electron chi connectivity index (χ3n) is 4.58. The zero-order valence-electron chi connectivity index (χ0n) is 15.8. The Morgan fingerprint density at radius 3 is 2.75 bits per heavy atom. The molecule has 0 spiro atoms. The van der Waals surface area contributed by atoms with Crippen LogP contribution in [0.15, 0.2) is 46.0 Å². The number of anilines is 1. The number of carboxylic acids is 1. The lowest BCUT2D eigenvalue weighted by atomic mass is 9.91. The summed E-state index contributed by atoms with van der Waals surface area (Å²) in [6.45, 7) is 3.88. The Morgan fingerprint density at radius 2 is 2.07 bits per heavy atom. The van der Waals surface area contributed by atoms with Gasteiger partial charge in [0.1, 0.15) is 13.6 Å². The van der Waals surface area contributed by atoms with Crippen molar-refractivity contribution in [2.45, 2.75) is 20.0 Å². The van der Waals surface area contributed by atoms with Gasteiger partial charge in [-0.05, 0) is 38.1 Å². The van der Waals surface area contributed by atoms with Crippen LogP contribution >= 0.6 is 15.9 Å². The minimum absolute atomic E-state index is 0.162. The van der Waals surface area contributed by atoms with Gasteiger partial charge in [0, 0.05) is 10.7 Å². The second-order valence-electron chi connectivity index (χ2n) is 6.85. The molecule has 2 aromatic carbocycles. The fourth-order valence-corrected chi connectivity index (χ4v) is 3.45. The molecule has 0 saturated carbocycles. The van der Waals surface area contributed by atoms with E-state index >= 15 is 0 Å². The highest BCUT2D eigenvalue weighted by Crippen LogP contribution is 2.28. The van der Waals surface area contributed by atoms with Gasteiger partial charge in [-0.1, -0.05) is 39.1 Å². The number of halogens is 1. The van der Waals surface area contributed by atoms with Crippen molar-refractivity contribution in [3.8, 4) is 5.75 Å². The second kappa shape index (κ2) is 8.18. The molecular weight excluding hydrogens is 423 g/mol. The number of aliphatic carboxylic acids is 1. The zero-order chi connectivity index (χ0) is 20.4. The number of Topliss-reactive ketones (excluding diaryl/α,β-unsaturated/α-hetero) is 1. The van der Waals surface area contributed by atoms with Gasteiger partial charge in [-0.25, -0.2) is 4.79 Å². The number of carbonyl (C=O) groups is 2. The molecule has 1 heterocycles. The fourth-order valence-electron chi connectivity index (χ4n) is 3.09. The Kier molecular flexibility index (Phi) is 5.88. The summed E-state index contributed by atoms with van der Waals surface area (Å²) in [7, 11) is 2.01. The van der Waals surface area contributed by atoms with E-state index in [0.717, 1.165) is 11.2 Å². The van der Waals surface area contributed by atoms with E-state index in [-0.39, 0.29) is 11.5 Å². The molecule has 0 radical (unpaired) electrons. The number of hydrazone groups is 1. The van der Waals surface area contributed by atoms with Crippen molar-refractivity contribution in [1.82, 2.24) is 0 Å². The lowest BCUT2D eigenvalue weighted by Gasteiger charge is -2.19. The van der Waals surface area contributed by atoms with Crippen LogP contribution in [0.5, 0.6) is 5.75 Å². The Bertz CT molecular complexity index is 963. The number of nitrogens with zero attached hydrogens (tertiary/aromatic N) is 2. The van der Waals surface area contributed by atoms with Gasteiger partial charge in [0.05, 0.1) is 23.7 Å². The van der Waals surface area contributed by atoms with Crippen molar-refractivity contribution in [2.75, 3.05) is 11.6 Å². The van der Waals surface area contributed by atoms with Crippen LogP contribution in [-0.2, 0) is 4.79 Å². The molecule has 0 fully saturated rings. The molecular formula is C20H20BBrN2O4. The maximum atomic E-state index is 13.1. The standard InChI is InChI=1S/C20H20BBrN2O4/c1-11-3-5-17(16(21)7-11)24-10-13(9-23-24)19(25)15-8-14(22)4-6-18(15)28-12(2)20(26)27/h3-9,12-13H,10,21H2,1-2H3,(H,26,27). The fraction of sp³-hybridized carbons (Fsp3) is 0.250. The predicted octanol–water partition coefficient (Wildman–Crippen LogP) is 2.17. The first-order valence-electron chi connectivity index (χ1n) is 8.88. The van der Waals surface area contributed by atoms with E-state index < -0.39 is 18.0 Å². The maximum Gasteiger partial charge on any atom is 0.344 e. The first kappa shape index (κ1) is 20.1. The Morgan fingerprint density at radius 1 is 1.32 bits per heavy atom. The van der Waals surface area contributed by atoms with Gasteiger partial charge >= 0.3 is 5.97 Å². The molecule has 2 atom stereocenters. The molecule has 1 aliphatic rings. The molecule has 0 bridgehead atoms. The second-order valence-corrected chi connectivity index (χ2v) is 7.76. The summed E-state index contributed by atoms with van der Waals surface area (Å²) < 4.78 is 6.20. The van der Waals surface area contributed by atoms with Crippen LogP contribution in [0.1, 0.15) is 22.8 Å². The van der Waals surface area contributed by atoms with Gasteiger partial charge in [-0.2, -0.15) is 5.10 Å². The Balaban J connectivity index is 1.82. The average Bonchev–Trinajstić information content (AvgIpc) is 3.12. The van der Waals surface area contributed by atoms with Crippen LogP contribution in [0.3, 0.4) is 0 Å². The number of ketones is 1. The van der Waals surface area contributed by atoms with E-state index in [2.05, 4.69) is 27.1 Å². The number of hydrogen-bond acceptors (Lipinski definition) is 5. The monoisotopic (exact) mass is 442 g/mol. The normalized spacial score (nSPS) is 16.8.